The third-order valence-corrected chi connectivity index (χ3v) is 7.23. The van der Waals surface area contributed by atoms with Gasteiger partial charge in [-0.1, -0.05) is 19.9 Å². The number of nitrogens with one attached hydrogen (secondary N) is 2. The van der Waals surface area contributed by atoms with Crippen LogP contribution in [-0.2, 0) is 4.74 Å². The standard InChI is InChI=1S/C28H36N2O5S2/c1-18(2)19-8-10-23(34-20-9-11-24(32-6)25(17-20)33-7)22(16-19)21-12-15-36-26(21)37-30-14-13-29-27(31)35-28(3,4)5/h8-12,15-18,30H,13-14H2,1-7H3,(H,29,31). The SMILES string of the molecule is COc1ccc(Oc2ccc(C(C)C)cc2-c2ccsc2SNCCNC(=O)OC(C)(C)C)cc1OC. The van der Waals surface area contributed by atoms with Crippen LogP contribution < -0.4 is 24.2 Å². The van der Waals surface area contributed by atoms with Crippen LogP contribution in [-0.4, -0.2) is 39.0 Å². The number of thiophene rings is 1. The molecule has 2 aromatic carbocycles. The van der Waals surface area contributed by atoms with Gasteiger partial charge in [0.2, 0.25) is 0 Å². The number of carbonyl (C=O) groups is 1. The zero-order valence-electron chi connectivity index (χ0n) is 22.5. The molecule has 9 heteroatoms. The number of carbonyl (C=O) groups excluding carboxylic acids is 1. The summed E-state index contributed by atoms with van der Waals surface area (Å²) in [5.41, 5.74) is 2.81. The molecule has 0 saturated carbocycles. The molecule has 0 atom stereocenters. The molecule has 200 valence electrons. The Labute approximate surface area is 228 Å². The Bertz CT molecular complexity index is 1190. The summed E-state index contributed by atoms with van der Waals surface area (Å²) < 4.78 is 26.9. The zero-order valence-corrected chi connectivity index (χ0v) is 24.1. The van der Waals surface area contributed by atoms with Gasteiger partial charge in [0.25, 0.3) is 0 Å². The first-order valence-corrected chi connectivity index (χ1v) is 13.8. The average Bonchev–Trinajstić information content (AvgIpc) is 3.31. The number of amides is 1. The fourth-order valence-corrected chi connectivity index (χ4v) is 5.23. The highest BCUT2D eigenvalue weighted by molar-refractivity contribution is 7.99. The van der Waals surface area contributed by atoms with Gasteiger partial charge in [0.05, 0.1) is 18.4 Å². The average molecular weight is 545 g/mol. The van der Waals surface area contributed by atoms with Crippen molar-refractivity contribution in [2.75, 3.05) is 27.3 Å². The van der Waals surface area contributed by atoms with Gasteiger partial charge in [-0.2, -0.15) is 0 Å². The van der Waals surface area contributed by atoms with Gasteiger partial charge in [-0.15, -0.1) is 11.3 Å². The van der Waals surface area contributed by atoms with Crippen LogP contribution in [0.3, 0.4) is 0 Å². The highest BCUT2D eigenvalue weighted by atomic mass is 32.2. The van der Waals surface area contributed by atoms with Gasteiger partial charge < -0.3 is 24.3 Å². The van der Waals surface area contributed by atoms with E-state index in [-0.39, 0.29) is 0 Å². The largest absolute Gasteiger partial charge is 0.493 e. The number of ether oxygens (including phenoxy) is 4. The number of hydrogen-bond acceptors (Lipinski definition) is 8. The lowest BCUT2D eigenvalue weighted by atomic mass is 9.98. The molecule has 0 spiro atoms. The molecule has 1 amide bonds. The van der Waals surface area contributed by atoms with E-state index in [4.69, 9.17) is 18.9 Å². The first-order chi connectivity index (χ1) is 17.6. The molecule has 1 heterocycles. The van der Waals surface area contributed by atoms with Crippen molar-refractivity contribution in [3.05, 3.63) is 53.4 Å². The number of alkyl carbamates (subject to hydrolysis) is 1. The maximum Gasteiger partial charge on any atom is 0.407 e. The van der Waals surface area contributed by atoms with E-state index in [1.165, 1.54) is 17.5 Å². The van der Waals surface area contributed by atoms with Gasteiger partial charge in [0.15, 0.2) is 11.5 Å². The number of benzene rings is 2. The molecule has 0 unspecified atom stereocenters. The van der Waals surface area contributed by atoms with E-state index in [1.54, 1.807) is 25.6 Å². The number of methoxy groups -OCH3 is 2. The predicted octanol–water partition coefficient (Wildman–Crippen LogP) is 7.47. The Hall–Kier alpha value is -2.88. The normalized spacial score (nSPS) is 11.4. The summed E-state index contributed by atoms with van der Waals surface area (Å²) in [5.74, 6) is 3.04. The number of hydrogen-bond donors (Lipinski definition) is 2. The molecule has 0 aliphatic rings. The summed E-state index contributed by atoms with van der Waals surface area (Å²) in [6.45, 7) is 10.9. The summed E-state index contributed by atoms with van der Waals surface area (Å²) in [6.07, 6.45) is -0.418. The van der Waals surface area contributed by atoms with Crippen LogP contribution in [0.1, 0.15) is 46.1 Å². The predicted molar refractivity (Wildman–Crippen MR) is 152 cm³/mol. The monoisotopic (exact) mass is 544 g/mol. The maximum absolute atomic E-state index is 11.8. The van der Waals surface area contributed by atoms with Crippen molar-refractivity contribution in [2.45, 2.75) is 50.3 Å². The van der Waals surface area contributed by atoms with Crippen LogP contribution in [0.4, 0.5) is 4.79 Å². The smallest absolute Gasteiger partial charge is 0.407 e. The van der Waals surface area contributed by atoms with Crippen LogP contribution in [0.2, 0.25) is 0 Å². The molecular weight excluding hydrogens is 508 g/mol. The molecular formula is C28H36N2O5S2. The van der Waals surface area contributed by atoms with Crippen molar-refractivity contribution in [1.82, 2.24) is 10.0 Å². The summed E-state index contributed by atoms with van der Waals surface area (Å²) in [5, 5.41) is 4.84. The van der Waals surface area contributed by atoms with Crippen LogP contribution >= 0.6 is 23.3 Å². The van der Waals surface area contributed by atoms with E-state index in [9.17, 15) is 4.79 Å². The molecule has 1 aromatic heterocycles. The molecule has 0 aliphatic heterocycles. The molecule has 0 fully saturated rings. The summed E-state index contributed by atoms with van der Waals surface area (Å²) in [7, 11) is 3.22. The molecule has 3 rings (SSSR count). The van der Waals surface area contributed by atoms with Gasteiger partial charge in [-0.25, -0.2) is 4.79 Å². The highest BCUT2D eigenvalue weighted by Crippen LogP contribution is 2.43. The van der Waals surface area contributed by atoms with E-state index in [2.05, 4.69) is 47.5 Å². The molecule has 0 bridgehead atoms. The van der Waals surface area contributed by atoms with Crippen molar-refractivity contribution in [3.8, 4) is 34.1 Å². The van der Waals surface area contributed by atoms with Gasteiger partial charge in [-0.05, 0) is 79.9 Å². The van der Waals surface area contributed by atoms with Crippen LogP contribution in [0.25, 0.3) is 11.1 Å². The fourth-order valence-electron chi connectivity index (χ4n) is 3.43. The minimum absolute atomic E-state index is 0.376. The summed E-state index contributed by atoms with van der Waals surface area (Å²) >= 11 is 3.19. The van der Waals surface area contributed by atoms with Crippen LogP contribution in [0.15, 0.2) is 52.1 Å². The van der Waals surface area contributed by atoms with E-state index in [0.29, 0.717) is 36.3 Å². The Kier molecular flexibility index (Phi) is 10.1. The van der Waals surface area contributed by atoms with Crippen molar-refractivity contribution in [3.63, 3.8) is 0 Å². The van der Waals surface area contributed by atoms with Gasteiger partial charge in [0.1, 0.15) is 17.1 Å². The topological polar surface area (TPSA) is 78.1 Å². The second kappa shape index (κ2) is 13.1. The Morgan fingerprint density at radius 2 is 1.68 bits per heavy atom. The van der Waals surface area contributed by atoms with Crippen molar-refractivity contribution >= 4 is 29.4 Å². The quantitative estimate of drug-likeness (QED) is 0.191. The fraction of sp³-hybridized carbons (Fsp3) is 0.393. The van der Waals surface area contributed by atoms with Crippen molar-refractivity contribution < 1.29 is 23.7 Å². The van der Waals surface area contributed by atoms with Gasteiger partial charge in [0, 0.05) is 30.3 Å². The first-order valence-electron chi connectivity index (χ1n) is 12.1. The van der Waals surface area contributed by atoms with Crippen molar-refractivity contribution in [1.29, 1.82) is 0 Å². The molecule has 0 aliphatic carbocycles. The Balaban J connectivity index is 1.76. The molecule has 3 aromatic rings. The van der Waals surface area contributed by atoms with E-state index in [1.807, 2.05) is 45.0 Å². The number of rotatable bonds is 11. The summed E-state index contributed by atoms with van der Waals surface area (Å²) in [6, 6.07) is 13.9. The van der Waals surface area contributed by atoms with Crippen LogP contribution in [0.5, 0.6) is 23.0 Å². The minimum atomic E-state index is -0.515. The lowest BCUT2D eigenvalue weighted by Gasteiger charge is -2.19. The van der Waals surface area contributed by atoms with Gasteiger partial charge >= 0.3 is 6.09 Å². The minimum Gasteiger partial charge on any atom is -0.493 e. The second-order valence-corrected chi connectivity index (χ2v) is 11.7. The lowest BCUT2D eigenvalue weighted by Crippen LogP contribution is -2.35. The van der Waals surface area contributed by atoms with E-state index >= 15 is 0 Å². The highest BCUT2D eigenvalue weighted by Gasteiger charge is 2.17. The van der Waals surface area contributed by atoms with Crippen LogP contribution in [0, 0.1) is 0 Å². The molecule has 0 saturated heterocycles. The lowest BCUT2D eigenvalue weighted by molar-refractivity contribution is 0.0529. The Morgan fingerprint density at radius 3 is 2.35 bits per heavy atom. The zero-order chi connectivity index (χ0) is 27.0. The third-order valence-electron chi connectivity index (χ3n) is 5.23. The molecule has 37 heavy (non-hydrogen) atoms. The van der Waals surface area contributed by atoms with Gasteiger partial charge in [-0.3, -0.25) is 4.72 Å². The first kappa shape index (κ1) is 28.7. The second-order valence-electron chi connectivity index (χ2n) is 9.58. The van der Waals surface area contributed by atoms with E-state index < -0.39 is 11.7 Å². The summed E-state index contributed by atoms with van der Waals surface area (Å²) in [4.78, 5) is 11.8. The molecule has 7 nitrogen and oxygen atoms in total. The van der Waals surface area contributed by atoms with Crippen molar-refractivity contribution in [2.24, 2.45) is 0 Å². The molecule has 0 radical (unpaired) electrons. The van der Waals surface area contributed by atoms with E-state index in [0.717, 1.165) is 21.1 Å². The maximum atomic E-state index is 11.8. The molecule has 2 N–H and O–H groups in total. The Morgan fingerprint density at radius 1 is 0.946 bits per heavy atom. The third kappa shape index (κ3) is 8.31.